The third-order valence-corrected chi connectivity index (χ3v) is 13.6. The smallest absolute Gasteiger partial charge is 0.308 e. The maximum atomic E-state index is 12.1. The van der Waals surface area contributed by atoms with Crippen molar-refractivity contribution in [2.75, 3.05) is 0 Å². The summed E-state index contributed by atoms with van der Waals surface area (Å²) in [6.45, 7) is 4.97. The average Bonchev–Trinajstić information content (AvgIpc) is 2.68. The Balaban J connectivity index is 0. The van der Waals surface area contributed by atoms with Crippen molar-refractivity contribution in [3.05, 3.63) is 0 Å². The minimum atomic E-state index is -7.15. The van der Waals surface area contributed by atoms with E-state index in [1.165, 1.54) is 0 Å². The molecule has 242 valence electrons. The van der Waals surface area contributed by atoms with Crippen molar-refractivity contribution in [3.63, 3.8) is 0 Å². The molecular formula is C10H15BF12O12S4Si. The van der Waals surface area contributed by atoms with E-state index in [0.717, 1.165) is 0 Å². The quantitative estimate of drug-likeness (QED) is 0.173. The van der Waals surface area contributed by atoms with Gasteiger partial charge in [-0.25, -0.2) is 0 Å². The molecule has 0 amide bonds. The molecule has 0 aliphatic carbocycles. The van der Waals surface area contributed by atoms with E-state index in [1.54, 1.807) is 20.8 Å². The molecule has 0 aliphatic heterocycles. The van der Waals surface area contributed by atoms with Crippen molar-refractivity contribution in [2.24, 2.45) is 0 Å². The van der Waals surface area contributed by atoms with Crippen molar-refractivity contribution in [3.8, 4) is 0 Å². The molecule has 0 N–H and O–H groups in total. The minimum absolute atomic E-state index is 0.356. The van der Waals surface area contributed by atoms with Crippen LogP contribution in [0.3, 0.4) is 0 Å². The Morgan fingerprint density at radius 1 is 0.475 bits per heavy atom. The fourth-order valence-corrected chi connectivity index (χ4v) is 8.22. The van der Waals surface area contributed by atoms with Gasteiger partial charge in [-0.3, -0.25) is 12.3 Å². The first-order valence-corrected chi connectivity index (χ1v) is 17.3. The molecule has 0 heterocycles. The van der Waals surface area contributed by atoms with E-state index >= 15 is 0 Å². The Hall–Kier alpha value is -0.918. The first-order chi connectivity index (χ1) is 17.2. The summed E-state index contributed by atoms with van der Waals surface area (Å²) in [5.41, 5.74) is -24.9. The van der Waals surface area contributed by atoms with Gasteiger partial charge in [0.15, 0.2) is 0 Å². The maximum absolute atomic E-state index is 12.1. The predicted molar refractivity (Wildman–Crippen MR) is 107 cm³/mol. The largest absolute Gasteiger partial charge is 0.685 e. The van der Waals surface area contributed by atoms with Gasteiger partial charge in [0.2, 0.25) is 8.32 Å². The summed E-state index contributed by atoms with van der Waals surface area (Å²) in [7, 11) is -34.3. The first kappa shape index (κ1) is 41.2. The van der Waals surface area contributed by atoms with E-state index in [-0.39, 0.29) is 0 Å². The van der Waals surface area contributed by atoms with Crippen molar-refractivity contribution < 1.29 is 103 Å². The lowest BCUT2D eigenvalue weighted by Gasteiger charge is -2.27. The number of hydrogen-bond donors (Lipinski definition) is 0. The van der Waals surface area contributed by atoms with E-state index in [2.05, 4.69) is 16.2 Å². The van der Waals surface area contributed by atoms with E-state index < -0.39 is 78.1 Å². The normalized spacial score (nSPS) is 14.9. The van der Waals surface area contributed by atoms with E-state index in [0.29, 0.717) is 18.1 Å². The van der Waals surface area contributed by atoms with Crippen LogP contribution in [0.15, 0.2) is 0 Å². The van der Waals surface area contributed by atoms with Gasteiger partial charge >= 0.3 is 69.8 Å². The third-order valence-electron chi connectivity index (χ3n) is 3.97. The Kier molecular flexibility index (Phi) is 13.6. The highest BCUT2D eigenvalue weighted by atomic mass is 32.2. The van der Waals surface area contributed by atoms with Crippen LogP contribution in [0.25, 0.3) is 0 Å². The van der Waals surface area contributed by atoms with Crippen LogP contribution in [0.5, 0.6) is 0 Å². The highest BCUT2D eigenvalue weighted by Crippen LogP contribution is 2.33. The zero-order valence-corrected chi connectivity index (χ0v) is 23.5. The van der Waals surface area contributed by atoms with Gasteiger partial charge in [0.05, 0.1) is 0 Å². The lowest BCUT2D eigenvalue weighted by Crippen LogP contribution is -2.43. The van der Waals surface area contributed by atoms with Crippen LogP contribution in [0.1, 0.15) is 20.8 Å². The topological polar surface area (TPSA) is 173 Å². The standard InChI is InChI=1S/C7H15F3O3SSi.C3BF9O9S3/c1-4-15(5-2,6-3)13-14(11,12)7(8,9)10;5-1(6,7)23(14,15)20-4(21-24(16,17)2(8,9)10)22-25(18,19)3(11,12)13/h4-6H2,1-3H3;. The molecule has 30 heteroatoms. The fourth-order valence-electron chi connectivity index (χ4n) is 1.73. The highest BCUT2D eigenvalue weighted by Gasteiger charge is 2.59. The lowest BCUT2D eigenvalue weighted by molar-refractivity contribution is -0.0562. The Morgan fingerprint density at radius 3 is 0.825 bits per heavy atom. The van der Waals surface area contributed by atoms with Gasteiger partial charge < -0.3 is 3.87 Å². The summed E-state index contributed by atoms with van der Waals surface area (Å²) in [6, 6.07) is 1.07. The summed E-state index contributed by atoms with van der Waals surface area (Å²) in [6.07, 6.45) is 0. The SMILES string of the molecule is CC[Si](CC)(CC)OS(=O)(=O)C(F)(F)F.O=S(=O)(OB(OS(=O)(=O)C(F)(F)F)OS(=O)(=O)C(F)(F)F)C(F)(F)F. The molecule has 0 saturated carbocycles. The second kappa shape index (κ2) is 13.2. The molecule has 0 aliphatic rings. The minimum Gasteiger partial charge on any atom is -0.308 e. The van der Waals surface area contributed by atoms with Crippen LogP contribution in [0.2, 0.25) is 18.1 Å². The van der Waals surface area contributed by atoms with Crippen LogP contribution in [0, 0.1) is 0 Å². The van der Waals surface area contributed by atoms with Crippen LogP contribution < -0.4 is 0 Å². The van der Waals surface area contributed by atoms with Crippen molar-refractivity contribution in [2.45, 2.75) is 60.9 Å². The van der Waals surface area contributed by atoms with Crippen LogP contribution in [0.4, 0.5) is 52.7 Å². The number of alkyl halides is 12. The zero-order valence-electron chi connectivity index (χ0n) is 19.3. The molecule has 0 fully saturated rings. The van der Waals surface area contributed by atoms with E-state index in [9.17, 15) is 86.4 Å². The van der Waals surface area contributed by atoms with Gasteiger partial charge in [-0.15, -0.1) is 0 Å². The lowest BCUT2D eigenvalue weighted by atomic mass is 10.3. The predicted octanol–water partition coefficient (Wildman–Crippen LogP) is 3.43. The van der Waals surface area contributed by atoms with Gasteiger partial charge in [0, 0.05) is 0 Å². The number of rotatable bonds is 11. The van der Waals surface area contributed by atoms with Gasteiger partial charge in [-0.1, -0.05) is 20.8 Å². The van der Waals surface area contributed by atoms with Gasteiger partial charge in [-0.05, 0) is 18.1 Å². The molecule has 0 radical (unpaired) electrons. The second-order valence-corrected chi connectivity index (χ2v) is 17.7. The summed E-state index contributed by atoms with van der Waals surface area (Å²) >= 11 is 0. The van der Waals surface area contributed by atoms with Crippen LogP contribution >= 0.6 is 0 Å². The monoisotopic (exact) mass is 722 g/mol. The van der Waals surface area contributed by atoms with Gasteiger partial charge in [-0.2, -0.15) is 86.4 Å². The molecule has 0 atom stereocenters. The average molecular weight is 722 g/mol. The Labute approximate surface area is 219 Å². The van der Waals surface area contributed by atoms with Crippen LogP contribution in [-0.4, -0.2) is 71.3 Å². The maximum Gasteiger partial charge on any atom is 0.685 e. The molecule has 0 rings (SSSR count). The van der Waals surface area contributed by atoms with Gasteiger partial charge in [0.25, 0.3) is 0 Å². The molecule has 0 spiro atoms. The molecule has 0 saturated heterocycles. The van der Waals surface area contributed by atoms with Crippen molar-refractivity contribution in [1.29, 1.82) is 0 Å². The summed E-state index contributed by atoms with van der Waals surface area (Å²) in [4.78, 5) is 0. The number of hydrogen-bond acceptors (Lipinski definition) is 12. The van der Waals surface area contributed by atoms with Crippen molar-refractivity contribution >= 4 is 56.1 Å². The third kappa shape index (κ3) is 11.4. The zero-order chi connectivity index (χ0) is 33.0. The molecule has 0 unspecified atom stereocenters. The highest BCUT2D eigenvalue weighted by molar-refractivity contribution is 7.91. The summed E-state index contributed by atoms with van der Waals surface area (Å²) in [5, 5.41) is 0. The molecule has 12 nitrogen and oxygen atoms in total. The van der Waals surface area contributed by atoms with Crippen LogP contribution in [-0.2, 0) is 56.6 Å². The number of halogens is 12. The molecule has 0 bridgehead atoms. The molecule has 0 aromatic heterocycles. The molecule has 0 aromatic carbocycles. The summed E-state index contributed by atoms with van der Waals surface area (Å²) in [5.74, 6) is 0. The Morgan fingerprint density at radius 2 is 0.675 bits per heavy atom. The fraction of sp³-hybridized carbons (Fsp3) is 1.00. The van der Waals surface area contributed by atoms with Gasteiger partial charge in [0.1, 0.15) is 0 Å². The molecule has 0 aromatic rings. The summed E-state index contributed by atoms with van der Waals surface area (Å²) < 4.78 is 240. The van der Waals surface area contributed by atoms with E-state index in [4.69, 9.17) is 0 Å². The first-order valence-electron chi connectivity index (χ1n) is 9.18. The second-order valence-electron chi connectivity index (χ2n) is 6.50. The molecule has 40 heavy (non-hydrogen) atoms. The van der Waals surface area contributed by atoms with E-state index in [1.807, 2.05) is 0 Å². The molecular weight excluding hydrogens is 707 g/mol. The van der Waals surface area contributed by atoms with Crippen molar-refractivity contribution in [1.82, 2.24) is 0 Å². The Bertz CT molecular complexity index is 1150.